The summed E-state index contributed by atoms with van der Waals surface area (Å²) in [6.07, 6.45) is 4.77. The number of halogens is 4. The molecule has 0 spiro atoms. The molecule has 46 heavy (non-hydrogen) atoms. The fraction of sp³-hybridized carbons (Fsp3) is 0.412. The number of carbonyl (C=O) groups is 2. The number of anilines is 2. The van der Waals surface area contributed by atoms with Crippen LogP contribution in [0.15, 0.2) is 48.5 Å². The van der Waals surface area contributed by atoms with E-state index in [0.29, 0.717) is 25.7 Å². The van der Waals surface area contributed by atoms with E-state index < -0.39 is 46.5 Å². The number of ether oxygens (including phenoxy) is 2. The molecule has 8 nitrogen and oxygen atoms in total. The average Bonchev–Trinajstić information content (AvgIpc) is 3.04. The molecule has 0 aromatic heterocycles. The molecule has 3 N–H and O–H groups in total. The first-order chi connectivity index (χ1) is 22.1. The highest BCUT2D eigenvalue weighted by molar-refractivity contribution is 6.04. The first-order valence-corrected chi connectivity index (χ1v) is 15.6. The van der Waals surface area contributed by atoms with Crippen molar-refractivity contribution >= 4 is 23.3 Å². The van der Waals surface area contributed by atoms with Crippen LogP contribution in [0.4, 0.5) is 33.7 Å². The Hall–Kier alpha value is -4.32. The number of nitrogens with one attached hydrogen (secondary N) is 3. The highest BCUT2D eigenvalue weighted by Crippen LogP contribution is 2.31. The van der Waals surface area contributed by atoms with Crippen molar-refractivity contribution in [3.63, 3.8) is 0 Å². The van der Waals surface area contributed by atoms with Gasteiger partial charge in [0.05, 0.1) is 11.3 Å². The summed E-state index contributed by atoms with van der Waals surface area (Å²) >= 11 is 0. The summed E-state index contributed by atoms with van der Waals surface area (Å²) < 4.78 is 70.2. The fourth-order valence-electron chi connectivity index (χ4n) is 5.08. The monoisotopic (exact) mass is 644 g/mol. The molecule has 0 bridgehead atoms. The molecule has 3 aromatic rings. The highest BCUT2D eigenvalue weighted by Gasteiger charge is 2.24. The number of amides is 3. The molecule has 1 fully saturated rings. The van der Waals surface area contributed by atoms with Crippen LogP contribution in [0, 0.1) is 23.3 Å². The Bertz CT molecular complexity index is 1490. The normalized spacial score (nSPS) is 13.8. The largest absolute Gasteiger partial charge is 0.487 e. The van der Waals surface area contributed by atoms with Gasteiger partial charge in [0.2, 0.25) is 0 Å². The molecular weight excluding hydrogens is 604 g/mol. The maximum atomic E-state index is 14.9. The molecule has 248 valence electrons. The third-order valence-electron chi connectivity index (χ3n) is 7.85. The first-order valence-electron chi connectivity index (χ1n) is 15.6. The molecule has 4 rings (SSSR count). The van der Waals surface area contributed by atoms with E-state index in [1.807, 2.05) is 13.8 Å². The van der Waals surface area contributed by atoms with Gasteiger partial charge in [-0.2, -0.15) is 0 Å². The van der Waals surface area contributed by atoms with E-state index in [-0.39, 0.29) is 35.0 Å². The van der Waals surface area contributed by atoms with Gasteiger partial charge in [-0.25, -0.2) is 22.4 Å². The molecule has 12 heteroatoms. The van der Waals surface area contributed by atoms with Crippen LogP contribution in [-0.4, -0.2) is 48.6 Å². The van der Waals surface area contributed by atoms with Crippen molar-refractivity contribution in [1.82, 2.24) is 10.2 Å². The lowest BCUT2D eigenvalue weighted by molar-refractivity contribution is 0.0958. The van der Waals surface area contributed by atoms with E-state index in [4.69, 9.17) is 9.47 Å². The third kappa shape index (κ3) is 9.35. The van der Waals surface area contributed by atoms with Crippen LogP contribution in [0.3, 0.4) is 0 Å². The third-order valence-corrected chi connectivity index (χ3v) is 7.85. The zero-order chi connectivity index (χ0) is 33.2. The molecule has 0 aliphatic carbocycles. The molecule has 3 amide bonds. The number of hydrogen-bond acceptors (Lipinski definition) is 5. The predicted molar refractivity (Wildman–Crippen MR) is 169 cm³/mol. The van der Waals surface area contributed by atoms with Gasteiger partial charge in [-0.3, -0.25) is 4.79 Å². The molecule has 1 aliphatic heterocycles. The van der Waals surface area contributed by atoms with E-state index >= 15 is 0 Å². The minimum absolute atomic E-state index is 0.100. The molecular formula is C34H40F4N4O4. The summed E-state index contributed by atoms with van der Waals surface area (Å²) in [6, 6.07) is 8.11. The van der Waals surface area contributed by atoms with Crippen LogP contribution in [0.1, 0.15) is 69.7 Å². The summed E-state index contributed by atoms with van der Waals surface area (Å²) in [5, 5.41) is 7.45. The maximum absolute atomic E-state index is 14.9. The second-order valence-corrected chi connectivity index (χ2v) is 11.2. The highest BCUT2D eigenvalue weighted by atomic mass is 19.1. The summed E-state index contributed by atoms with van der Waals surface area (Å²) in [7, 11) is 0. The standard InChI is InChI=1S/C34H40F4N4O4/c1-4-7-14-42-15-12-24(13-16-42)46-31-19-26(35)25(17-28(31)37)33(43)39-22-8-10-23(11-9-22)45-32-20-27(36)30(18-29(32)38)41-34(44)40-21(5-2)6-3/h8-11,17-21,24H,4-7,12-16H2,1-3H3,(H,39,43)(H2,40,41,44). The number of unbranched alkanes of at least 4 members (excludes halogenated alkanes) is 1. The van der Waals surface area contributed by atoms with E-state index in [1.165, 1.54) is 24.3 Å². The van der Waals surface area contributed by atoms with Crippen LogP contribution in [0.5, 0.6) is 17.2 Å². The molecule has 1 saturated heterocycles. The Labute approximate surface area is 266 Å². The van der Waals surface area contributed by atoms with Gasteiger partial charge in [-0.1, -0.05) is 27.2 Å². The van der Waals surface area contributed by atoms with Crippen molar-refractivity contribution in [1.29, 1.82) is 0 Å². The Morgan fingerprint density at radius 3 is 2.15 bits per heavy atom. The minimum Gasteiger partial charge on any atom is -0.487 e. The van der Waals surface area contributed by atoms with Crippen LogP contribution >= 0.6 is 0 Å². The molecule has 0 radical (unpaired) electrons. The van der Waals surface area contributed by atoms with Crippen LogP contribution in [-0.2, 0) is 0 Å². The zero-order valence-electron chi connectivity index (χ0n) is 26.2. The lowest BCUT2D eigenvalue weighted by atomic mass is 10.1. The average molecular weight is 645 g/mol. The molecule has 0 unspecified atom stereocenters. The number of piperidine rings is 1. The van der Waals surface area contributed by atoms with E-state index in [2.05, 4.69) is 27.8 Å². The SMILES string of the molecule is CCCCN1CCC(Oc2cc(F)c(C(=O)Nc3ccc(Oc4cc(F)c(NC(=O)NC(CC)CC)cc4F)cc3)cc2F)CC1. The second kappa shape index (κ2) is 16.3. The summed E-state index contributed by atoms with van der Waals surface area (Å²) in [5.74, 6) is -5.04. The summed E-state index contributed by atoms with van der Waals surface area (Å²) in [5.41, 5.74) is -0.626. The summed E-state index contributed by atoms with van der Waals surface area (Å²) in [6.45, 7) is 8.60. The van der Waals surface area contributed by atoms with Crippen molar-refractivity contribution in [2.24, 2.45) is 0 Å². The Morgan fingerprint density at radius 2 is 1.50 bits per heavy atom. The lowest BCUT2D eigenvalue weighted by Crippen LogP contribution is -2.38. The number of rotatable bonds is 13. The van der Waals surface area contributed by atoms with Crippen molar-refractivity contribution in [2.45, 2.75) is 71.4 Å². The number of urea groups is 1. The van der Waals surface area contributed by atoms with Gasteiger partial charge in [0.25, 0.3) is 5.91 Å². The number of carbonyl (C=O) groups excluding carboxylic acids is 2. The van der Waals surface area contributed by atoms with Crippen LogP contribution in [0.25, 0.3) is 0 Å². The fourth-order valence-corrected chi connectivity index (χ4v) is 5.08. The molecule has 3 aromatic carbocycles. The number of hydrogen-bond donors (Lipinski definition) is 3. The van der Waals surface area contributed by atoms with Gasteiger partial charge in [-0.05, 0) is 69.0 Å². The molecule has 0 atom stereocenters. The molecule has 1 aliphatic rings. The van der Waals surface area contributed by atoms with E-state index in [9.17, 15) is 27.2 Å². The Balaban J connectivity index is 1.33. The smallest absolute Gasteiger partial charge is 0.319 e. The van der Waals surface area contributed by atoms with Crippen LogP contribution in [0.2, 0.25) is 0 Å². The van der Waals surface area contributed by atoms with Crippen molar-refractivity contribution in [3.05, 3.63) is 77.4 Å². The van der Waals surface area contributed by atoms with Gasteiger partial charge in [-0.15, -0.1) is 0 Å². The first kappa shape index (κ1) is 34.6. The van der Waals surface area contributed by atoms with Crippen molar-refractivity contribution in [2.75, 3.05) is 30.3 Å². The van der Waals surface area contributed by atoms with E-state index in [1.54, 1.807) is 0 Å². The van der Waals surface area contributed by atoms with Gasteiger partial charge in [0.1, 0.15) is 17.7 Å². The number of nitrogens with zero attached hydrogens (tertiary/aromatic N) is 1. The number of likely N-dealkylation sites (tertiary alicyclic amines) is 1. The van der Waals surface area contributed by atoms with Gasteiger partial charge >= 0.3 is 6.03 Å². The summed E-state index contributed by atoms with van der Waals surface area (Å²) in [4.78, 5) is 27.2. The number of benzene rings is 3. The van der Waals surface area contributed by atoms with Crippen molar-refractivity contribution < 1.29 is 36.6 Å². The van der Waals surface area contributed by atoms with Gasteiger partial charge in [0, 0.05) is 43.0 Å². The Kier molecular flexibility index (Phi) is 12.2. The molecule has 0 saturated carbocycles. The molecule has 1 heterocycles. The minimum atomic E-state index is -0.933. The Morgan fingerprint density at radius 1 is 0.848 bits per heavy atom. The zero-order valence-corrected chi connectivity index (χ0v) is 26.2. The maximum Gasteiger partial charge on any atom is 0.319 e. The quantitative estimate of drug-likeness (QED) is 0.163. The van der Waals surface area contributed by atoms with Gasteiger partial charge in [0.15, 0.2) is 29.0 Å². The van der Waals surface area contributed by atoms with Crippen LogP contribution < -0.4 is 25.4 Å². The lowest BCUT2D eigenvalue weighted by Gasteiger charge is -2.32. The van der Waals surface area contributed by atoms with Crippen molar-refractivity contribution in [3.8, 4) is 17.2 Å². The second-order valence-electron chi connectivity index (χ2n) is 11.2. The van der Waals surface area contributed by atoms with E-state index in [0.717, 1.165) is 56.7 Å². The van der Waals surface area contributed by atoms with Gasteiger partial charge < -0.3 is 30.3 Å². The predicted octanol–water partition coefficient (Wildman–Crippen LogP) is 8.24. The topological polar surface area (TPSA) is 91.9 Å².